The van der Waals surface area contributed by atoms with Gasteiger partial charge in [0.15, 0.2) is 0 Å². The number of fused-ring (bicyclic) bond motifs is 1. The molecule has 0 saturated heterocycles. The van der Waals surface area contributed by atoms with Crippen LogP contribution in [0.4, 0.5) is 13.2 Å². The number of aromatic nitrogens is 1. The molecule has 1 atom stereocenters. The highest BCUT2D eigenvalue weighted by Gasteiger charge is 2.31. The molecule has 0 aliphatic heterocycles. The molecule has 0 spiro atoms. The Hall–Kier alpha value is -1.49. The molecular formula is C14H17F3N2. The average Bonchev–Trinajstić information content (AvgIpc) is 2.65. The van der Waals surface area contributed by atoms with Crippen LogP contribution in [0.15, 0.2) is 24.3 Å². The van der Waals surface area contributed by atoms with Crippen molar-refractivity contribution in [2.75, 3.05) is 0 Å². The first-order valence-corrected chi connectivity index (χ1v) is 6.19. The minimum absolute atomic E-state index is 0.0574. The van der Waals surface area contributed by atoms with Gasteiger partial charge in [0.05, 0.1) is 5.56 Å². The fraction of sp³-hybridized carbons (Fsp3) is 0.429. The molecule has 0 saturated carbocycles. The van der Waals surface area contributed by atoms with E-state index >= 15 is 0 Å². The van der Waals surface area contributed by atoms with E-state index in [1.165, 1.54) is 12.1 Å². The van der Waals surface area contributed by atoms with E-state index in [1.54, 1.807) is 0 Å². The predicted molar refractivity (Wildman–Crippen MR) is 69.9 cm³/mol. The van der Waals surface area contributed by atoms with Crippen molar-refractivity contribution in [1.29, 1.82) is 0 Å². The van der Waals surface area contributed by atoms with E-state index in [0.717, 1.165) is 17.1 Å². The molecule has 1 heterocycles. The van der Waals surface area contributed by atoms with Crippen molar-refractivity contribution >= 4 is 10.9 Å². The lowest BCUT2D eigenvalue weighted by molar-refractivity contribution is -0.137. The molecule has 0 radical (unpaired) electrons. The average molecular weight is 270 g/mol. The lowest BCUT2D eigenvalue weighted by Gasteiger charge is -2.17. The Morgan fingerprint density at radius 2 is 1.74 bits per heavy atom. The molecule has 0 fully saturated rings. The van der Waals surface area contributed by atoms with Crippen molar-refractivity contribution in [3.63, 3.8) is 0 Å². The molecule has 1 aromatic heterocycles. The van der Waals surface area contributed by atoms with E-state index in [2.05, 4.69) is 0 Å². The fourth-order valence-corrected chi connectivity index (χ4v) is 2.35. The quantitative estimate of drug-likeness (QED) is 0.868. The van der Waals surface area contributed by atoms with Crippen LogP contribution in [0, 0.1) is 0 Å². The molecule has 0 amide bonds. The van der Waals surface area contributed by atoms with Crippen LogP contribution in [-0.4, -0.2) is 4.57 Å². The number of nitrogens with two attached hydrogens (primary N) is 1. The maximum atomic E-state index is 12.8. The van der Waals surface area contributed by atoms with Gasteiger partial charge >= 0.3 is 6.18 Å². The number of alkyl halides is 3. The summed E-state index contributed by atoms with van der Waals surface area (Å²) in [4.78, 5) is 0. The maximum Gasteiger partial charge on any atom is 0.416 e. The summed E-state index contributed by atoms with van der Waals surface area (Å²) in [5, 5.41) is 0.786. The molecular weight excluding hydrogens is 253 g/mol. The van der Waals surface area contributed by atoms with E-state index in [1.807, 2.05) is 31.4 Å². The monoisotopic (exact) mass is 270 g/mol. The molecule has 104 valence electrons. The summed E-state index contributed by atoms with van der Waals surface area (Å²) in [7, 11) is 0. The molecule has 1 unspecified atom stereocenters. The second-order valence-corrected chi connectivity index (χ2v) is 5.09. The van der Waals surface area contributed by atoms with Gasteiger partial charge in [0.2, 0.25) is 0 Å². The highest BCUT2D eigenvalue weighted by molar-refractivity contribution is 5.82. The topological polar surface area (TPSA) is 30.9 Å². The maximum absolute atomic E-state index is 12.8. The molecule has 5 heteroatoms. The van der Waals surface area contributed by atoms with E-state index in [4.69, 9.17) is 5.73 Å². The van der Waals surface area contributed by atoms with Gasteiger partial charge in [-0.3, -0.25) is 0 Å². The Balaban J connectivity index is 2.73. The van der Waals surface area contributed by atoms with Crippen molar-refractivity contribution in [1.82, 2.24) is 4.57 Å². The minimum Gasteiger partial charge on any atom is -0.341 e. The van der Waals surface area contributed by atoms with Crippen LogP contribution in [0.25, 0.3) is 10.9 Å². The lowest BCUT2D eigenvalue weighted by Crippen LogP contribution is -2.14. The molecule has 0 aliphatic rings. The zero-order valence-electron chi connectivity index (χ0n) is 11.1. The molecule has 2 aromatic rings. The van der Waals surface area contributed by atoms with E-state index in [9.17, 15) is 13.2 Å². The highest BCUT2D eigenvalue weighted by atomic mass is 19.4. The van der Waals surface area contributed by atoms with Crippen molar-refractivity contribution in [2.45, 2.75) is 39.0 Å². The van der Waals surface area contributed by atoms with E-state index in [-0.39, 0.29) is 12.1 Å². The van der Waals surface area contributed by atoms with Gasteiger partial charge in [0.1, 0.15) is 0 Å². The van der Waals surface area contributed by atoms with Gasteiger partial charge < -0.3 is 10.3 Å². The van der Waals surface area contributed by atoms with E-state index < -0.39 is 11.7 Å². The minimum atomic E-state index is -4.32. The van der Waals surface area contributed by atoms with Crippen molar-refractivity contribution in [3.05, 3.63) is 35.5 Å². The molecule has 1 aromatic carbocycles. The summed E-state index contributed by atoms with van der Waals surface area (Å²) < 4.78 is 40.2. The summed E-state index contributed by atoms with van der Waals surface area (Å²) in [6.07, 6.45) is -4.32. The third-order valence-electron chi connectivity index (χ3n) is 3.18. The summed E-state index contributed by atoms with van der Waals surface area (Å²) in [5.41, 5.74) is 6.70. The Bertz CT molecular complexity index is 594. The van der Waals surface area contributed by atoms with Crippen molar-refractivity contribution in [2.24, 2.45) is 5.73 Å². The third-order valence-corrected chi connectivity index (χ3v) is 3.18. The van der Waals surface area contributed by atoms with Crippen LogP contribution in [-0.2, 0) is 6.18 Å². The second-order valence-electron chi connectivity index (χ2n) is 5.09. The predicted octanol–water partition coefficient (Wildman–Crippen LogP) is 4.26. The van der Waals surface area contributed by atoms with Crippen LogP contribution < -0.4 is 5.73 Å². The SMILES string of the molecule is CC(N)c1cc2ccc(C(F)(F)F)cc2n1C(C)C. The lowest BCUT2D eigenvalue weighted by atomic mass is 10.1. The Kier molecular flexibility index (Phi) is 3.34. The summed E-state index contributed by atoms with van der Waals surface area (Å²) in [6, 6.07) is 5.51. The zero-order chi connectivity index (χ0) is 14.4. The first-order valence-electron chi connectivity index (χ1n) is 6.19. The van der Waals surface area contributed by atoms with Crippen LogP contribution >= 0.6 is 0 Å². The third kappa shape index (κ3) is 2.47. The zero-order valence-corrected chi connectivity index (χ0v) is 11.1. The van der Waals surface area contributed by atoms with Gasteiger partial charge in [-0.2, -0.15) is 13.2 Å². The number of hydrogen-bond acceptors (Lipinski definition) is 1. The largest absolute Gasteiger partial charge is 0.416 e. The molecule has 0 aliphatic carbocycles. The number of nitrogens with zero attached hydrogens (tertiary/aromatic N) is 1. The molecule has 2 N–H and O–H groups in total. The van der Waals surface area contributed by atoms with Gasteiger partial charge in [0, 0.05) is 23.3 Å². The summed E-state index contributed by atoms with van der Waals surface area (Å²) in [6.45, 7) is 5.70. The Labute approximate surface area is 110 Å². The Morgan fingerprint density at radius 3 is 2.21 bits per heavy atom. The number of rotatable bonds is 2. The number of hydrogen-bond donors (Lipinski definition) is 1. The molecule has 2 rings (SSSR count). The van der Waals surface area contributed by atoms with Crippen LogP contribution in [0.3, 0.4) is 0 Å². The molecule has 0 bridgehead atoms. The molecule has 19 heavy (non-hydrogen) atoms. The summed E-state index contributed by atoms with van der Waals surface area (Å²) >= 11 is 0. The highest BCUT2D eigenvalue weighted by Crippen LogP contribution is 2.34. The van der Waals surface area contributed by atoms with Gasteiger partial charge in [-0.15, -0.1) is 0 Å². The first kappa shape index (κ1) is 13.9. The molecule has 2 nitrogen and oxygen atoms in total. The summed E-state index contributed by atoms with van der Waals surface area (Å²) in [5.74, 6) is 0. The first-order chi connectivity index (χ1) is 8.71. The van der Waals surface area contributed by atoms with Gasteiger partial charge in [-0.25, -0.2) is 0 Å². The smallest absolute Gasteiger partial charge is 0.341 e. The number of halogens is 3. The van der Waals surface area contributed by atoms with Crippen molar-refractivity contribution in [3.8, 4) is 0 Å². The van der Waals surface area contributed by atoms with E-state index in [0.29, 0.717) is 5.52 Å². The van der Waals surface area contributed by atoms with Crippen LogP contribution in [0.5, 0.6) is 0 Å². The van der Waals surface area contributed by atoms with Crippen LogP contribution in [0.2, 0.25) is 0 Å². The fourth-order valence-electron chi connectivity index (χ4n) is 2.35. The Morgan fingerprint density at radius 1 is 1.11 bits per heavy atom. The van der Waals surface area contributed by atoms with Gasteiger partial charge in [-0.05, 0) is 44.4 Å². The normalized spacial score (nSPS) is 14.3. The van der Waals surface area contributed by atoms with Gasteiger partial charge in [-0.1, -0.05) is 6.07 Å². The second kappa shape index (κ2) is 4.56. The standard InChI is InChI=1S/C14H17F3N2/c1-8(2)19-12(9(3)18)6-10-4-5-11(7-13(10)19)14(15,16)17/h4-9H,18H2,1-3H3. The number of benzene rings is 1. The van der Waals surface area contributed by atoms with Crippen LogP contribution in [0.1, 0.15) is 44.1 Å². The van der Waals surface area contributed by atoms with Gasteiger partial charge in [0.25, 0.3) is 0 Å². The van der Waals surface area contributed by atoms with Crippen molar-refractivity contribution < 1.29 is 13.2 Å².